The molecule has 1 fully saturated rings. The highest BCUT2D eigenvalue weighted by atomic mass is 32.2. The molecule has 6 aromatic rings. The highest BCUT2D eigenvalue weighted by molar-refractivity contribution is 7.99. The molecule has 58 heavy (non-hydrogen) atoms. The normalized spacial score (nSPS) is 19.8. The predicted octanol–water partition coefficient (Wildman–Crippen LogP) is 10.2. The largest absolute Gasteiger partial charge is 0.508 e. The van der Waals surface area contributed by atoms with Crippen LogP contribution in [0.4, 0.5) is 4.79 Å². The highest BCUT2D eigenvalue weighted by Gasteiger charge is 2.52. The Morgan fingerprint density at radius 3 is 1.79 bits per heavy atom. The average molecular weight is 793 g/mol. The fourth-order valence-corrected chi connectivity index (χ4v) is 8.56. The minimum Gasteiger partial charge on any atom is -0.451 e. The molecule has 5 atom stereocenters. The van der Waals surface area contributed by atoms with Crippen LogP contribution in [-0.2, 0) is 41.6 Å². The summed E-state index contributed by atoms with van der Waals surface area (Å²) in [5.41, 5.74) is 6.88. The zero-order chi connectivity index (χ0) is 39.7. The van der Waals surface area contributed by atoms with Gasteiger partial charge in [0, 0.05) is 10.8 Å². The van der Waals surface area contributed by atoms with Gasteiger partial charge in [0.2, 0.25) is 0 Å². The van der Waals surface area contributed by atoms with Crippen LogP contribution in [0, 0.1) is 6.92 Å². The van der Waals surface area contributed by atoms with Crippen LogP contribution in [0.1, 0.15) is 44.1 Å². The van der Waals surface area contributed by atoms with Crippen molar-refractivity contribution >= 4 is 23.9 Å². The second-order valence-electron chi connectivity index (χ2n) is 14.3. The van der Waals surface area contributed by atoms with Crippen molar-refractivity contribution in [2.45, 2.75) is 60.8 Å². The summed E-state index contributed by atoms with van der Waals surface area (Å²) in [4.78, 5) is 28.9. The van der Waals surface area contributed by atoms with E-state index < -0.39 is 42.0 Å². The molecule has 0 radical (unpaired) electrons. The van der Waals surface area contributed by atoms with Gasteiger partial charge in [-0.15, -0.1) is 0 Å². The van der Waals surface area contributed by atoms with Crippen molar-refractivity contribution in [2.24, 2.45) is 0 Å². The maximum Gasteiger partial charge on any atom is 0.508 e. The Balaban J connectivity index is 1.12. The molecule has 1 aliphatic heterocycles. The number of carbonyl (C=O) groups excluding carboxylic acids is 2. The van der Waals surface area contributed by atoms with Crippen molar-refractivity contribution in [3.05, 3.63) is 197 Å². The maximum absolute atomic E-state index is 14.1. The van der Waals surface area contributed by atoms with Gasteiger partial charge in [-0.05, 0) is 64.6 Å². The Bertz CT molecular complexity index is 2220. The van der Waals surface area contributed by atoms with E-state index in [2.05, 4.69) is 24.3 Å². The number of thioether (sulfide) groups is 1. The van der Waals surface area contributed by atoms with E-state index in [1.54, 1.807) is 24.3 Å². The van der Waals surface area contributed by atoms with Gasteiger partial charge in [0.25, 0.3) is 0 Å². The fraction of sp³-hybridized carbons (Fsp3) is 0.224. The average Bonchev–Trinajstić information content (AvgIpc) is 3.59. The van der Waals surface area contributed by atoms with E-state index in [-0.39, 0.29) is 25.7 Å². The van der Waals surface area contributed by atoms with Crippen LogP contribution in [-0.4, -0.2) is 55.2 Å². The first-order chi connectivity index (χ1) is 28.5. The molecule has 6 aromatic carbocycles. The number of hydrogen-bond donors (Lipinski definition) is 0. The molecule has 294 valence electrons. The summed E-state index contributed by atoms with van der Waals surface area (Å²) in [6, 6.07) is 52.5. The Kier molecular flexibility index (Phi) is 12.6. The topological polar surface area (TPSA) is 89.5 Å². The summed E-state index contributed by atoms with van der Waals surface area (Å²) in [5.74, 6) is -0.777. The Hall–Kier alpha value is -5.71. The number of benzene rings is 6. The molecule has 1 saturated heterocycles. The molecule has 0 spiro atoms. The van der Waals surface area contributed by atoms with Gasteiger partial charge in [-0.1, -0.05) is 157 Å². The summed E-state index contributed by atoms with van der Waals surface area (Å²) in [6.07, 6.45) is -4.86. The standard InChI is InChI=1S/C49H44O8S/c1-33-25-27-37(28-26-33)58-48-46(56-47(50)36-19-9-4-10-20-36)45(57-49(51)54-31-42-40-23-13-11-21-38(40)39-22-12-14-24-41(39)42)44(53-30-35-17-7-3-8-18-35)43(55-48)32-52-29-34-15-5-2-6-16-34/h2-28,42-46,48H,29-32H2,1H3/t43-,44-,45-,46-,48+/m1/s1. The van der Waals surface area contributed by atoms with Crippen LogP contribution in [0.2, 0.25) is 0 Å². The minimum atomic E-state index is -1.16. The molecule has 0 amide bonds. The van der Waals surface area contributed by atoms with Gasteiger partial charge in [-0.25, -0.2) is 9.59 Å². The van der Waals surface area contributed by atoms with Crippen molar-refractivity contribution in [3.63, 3.8) is 0 Å². The lowest BCUT2D eigenvalue weighted by atomic mass is 9.98. The summed E-state index contributed by atoms with van der Waals surface area (Å²) in [6.45, 7) is 2.66. The van der Waals surface area contributed by atoms with Crippen molar-refractivity contribution in [3.8, 4) is 11.1 Å². The van der Waals surface area contributed by atoms with Crippen LogP contribution in [0.5, 0.6) is 0 Å². The number of carbonyl (C=O) groups is 2. The van der Waals surface area contributed by atoms with Crippen molar-refractivity contribution in [2.75, 3.05) is 13.2 Å². The van der Waals surface area contributed by atoms with Gasteiger partial charge >= 0.3 is 12.1 Å². The lowest BCUT2D eigenvalue weighted by Gasteiger charge is -2.44. The van der Waals surface area contributed by atoms with Crippen LogP contribution in [0.15, 0.2) is 169 Å². The third-order valence-electron chi connectivity index (χ3n) is 10.4. The molecule has 1 aliphatic carbocycles. The molecule has 1 heterocycles. The van der Waals surface area contributed by atoms with Crippen molar-refractivity contribution < 1.29 is 38.0 Å². The number of rotatable bonds is 14. The first kappa shape index (κ1) is 39.1. The Labute approximate surface area is 343 Å². The molecule has 0 saturated carbocycles. The second-order valence-corrected chi connectivity index (χ2v) is 15.5. The molecule has 0 unspecified atom stereocenters. The fourth-order valence-electron chi connectivity index (χ4n) is 7.45. The van der Waals surface area contributed by atoms with Crippen molar-refractivity contribution in [1.29, 1.82) is 0 Å². The van der Waals surface area contributed by atoms with E-state index in [0.29, 0.717) is 12.2 Å². The van der Waals surface area contributed by atoms with Crippen LogP contribution in [0.3, 0.4) is 0 Å². The van der Waals surface area contributed by atoms with Gasteiger partial charge in [0.15, 0.2) is 12.2 Å². The molecular weight excluding hydrogens is 749 g/mol. The number of hydrogen-bond acceptors (Lipinski definition) is 9. The third-order valence-corrected chi connectivity index (χ3v) is 11.5. The quantitative estimate of drug-likeness (QED) is 0.100. The summed E-state index contributed by atoms with van der Waals surface area (Å²) in [5, 5.41) is 0. The third kappa shape index (κ3) is 9.35. The SMILES string of the molecule is Cc1ccc(S[C@@H]2O[C@H](COCc3ccccc3)[C@@H](OCc3ccccc3)[C@@H](OC(=O)OCC3c4ccccc4-c4ccccc43)[C@H]2OC(=O)c2ccccc2)cc1. The minimum absolute atomic E-state index is 0.0469. The molecule has 0 bridgehead atoms. The van der Waals surface area contributed by atoms with E-state index in [4.69, 9.17) is 28.4 Å². The van der Waals surface area contributed by atoms with Crippen LogP contribution in [0.25, 0.3) is 11.1 Å². The van der Waals surface area contributed by atoms with E-state index in [9.17, 15) is 9.59 Å². The van der Waals surface area contributed by atoms with E-state index in [1.165, 1.54) is 11.8 Å². The van der Waals surface area contributed by atoms with Gasteiger partial charge in [-0.2, -0.15) is 0 Å². The summed E-state index contributed by atoms with van der Waals surface area (Å²) >= 11 is 1.38. The van der Waals surface area contributed by atoms with Crippen molar-refractivity contribution in [1.82, 2.24) is 0 Å². The van der Waals surface area contributed by atoms with Crippen LogP contribution >= 0.6 is 11.8 Å². The zero-order valence-electron chi connectivity index (χ0n) is 32.1. The Morgan fingerprint density at radius 1 is 0.586 bits per heavy atom. The molecule has 8 rings (SSSR count). The Morgan fingerprint density at radius 2 is 1.16 bits per heavy atom. The molecule has 0 aromatic heterocycles. The number of fused-ring (bicyclic) bond motifs is 3. The summed E-state index contributed by atoms with van der Waals surface area (Å²) < 4.78 is 38.5. The van der Waals surface area contributed by atoms with Gasteiger partial charge in [0.05, 0.1) is 25.4 Å². The highest BCUT2D eigenvalue weighted by Crippen LogP contribution is 2.45. The van der Waals surface area contributed by atoms with E-state index >= 15 is 0 Å². The maximum atomic E-state index is 14.1. The van der Waals surface area contributed by atoms with E-state index in [1.807, 2.05) is 122 Å². The molecule has 9 heteroatoms. The smallest absolute Gasteiger partial charge is 0.451 e. The predicted molar refractivity (Wildman–Crippen MR) is 222 cm³/mol. The molecule has 0 N–H and O–H groups in total. The number of ether oxygens (including phenoxy) is 6. The molecule has 8 nitrogen and oxygen atoms in total. The van der Waals surface area contributed by atoms with Gasteiger partial charge in [0.1, 0.15) is 24.3 Å². The number of esters is 1. The molecule has 2 aliphatic rings. The lowest BCUT2D eigenvalue weighted by molar-refractivity contribution is -0.231. The zero-order valence-corrected chi connectivity index (χ0v) is 32.9. The van der Waals surface area contributed by atoms with E-state index in [0.717, 1.165) is 43.8 Å². The molecular formula is C49H44O8S. The second kappa shape index (κ2) is 18.7. The van der Waals surface area contributed by atoms with Crippen LogP contribution < -0.4 is 0 Å². The lowest BCUT2D eigenvalue weighted by Crippen LogP contribution is -2.61. The van der Waals surface area contributed by atoms with Gasteiger partial charge < -0.3 is 28.4 Å². The van der Waals surface area contributed by atoms with Gasteiger partial charge in [-0.3, -0.25) is 0 Å². The number of aryl methyl sites for hydroxylation is 1. The first-order valence-corrected chi connectivity index (χ1v) is 20.3. The summed E-state index contributed by atoms with van der Waals surface area (Å²) in [7, 11) is 0. The monoisotopic (exact) mass is 792 g/mol. The first-order valence-electron chi connectivity index (χ1n) is 19.4.